The molecule has 0 saturated carbocycles. The van der Waals surface area contributed by atoms with Gasteiger partial charge in [-0.25, -0.2) is 4.79 Å². The molecule has 1 aliphatic rings. The monoisotopic (exact) mass is 408 g/mol. The predicted octanol–water partition coefficient (Wildman–Crippen LogP) is 1.46. The zero-order valence-corrected chi connectivity index (χ0v) is 16.9. The molecule has 0 aromatic heterocycles. The maximum Gasteiger partial charge on any atom is 0.407 e. The topological polar surface area (TPSA) is 123 Å². The number of benzene rings is 1. The van der Waals surface area contributed by atoms with Crippen molar-refractivity contribution in [3.05, 3.63) is 35.9 Å². The van der Waals surface area contributed by atoms with E-state index in [9.17, 15) is 19.5 Å². The fraction of sp³-hybridized carbons (Fsp3) is 0.550. The van der Waals surface area contributed by atoms with Crippen LogP contribution in [0.5, 0.6) is 0 Å². The van der Waals surface area contributed by atoms with E-state index < -0.39 is 35.2 Å². The smallest absolute Gasteiger partial charge is 0.407 e. The molecule has 0 bridgehead atoms. The number of nitrogens with one attached hydrogen (secondary N) is 2. The molecular weight excluding hydrogens is 380 g/mol. The van der Waals surface area contributed by atoms with Crippen LogP contribution in [-0.2, 0) is 30.4 Å². The van der Waals surface area contributed by atoms with Crippen molar-refractivity contribution in [2.75, 3.05) is 19.8 Å². The van der Waals surface area contributed by atoms with Crippen LogP contribution in [0.2, 0.25) is 0 Å². The number of esters is 1. The molecule has 1 saturated heterocycles. The van der Waals surface area contributed by atoms with Gasteiger partial charge in [0.25, 0.3) is 0 Å². The van der Waals surface area contributed by atoms with Crippen molar-refractivity contribution in [3.63, 3.8) is 0 Å². The number of carboxylic acids is 1. The fourth-order valence-electron chi connectivity index (χ4n) is 2.72. The van der Waals surface area contributed by atoms with Crippen molar-refractivity contribution in [1.29, 1.82) is 0 Å². The highest BCUT2D eigenvalue weighted by molar-refractivity contribution is 5.81. The number of carbonyl (C=O) groups is 3. The molecule has 1 fully saturated rings. The molecule has 2 rings (SSSR count). The van der Waals surface area contributed by atoms with Gasteiger partial charge in [-0.2, -0.15) is 0 Å². The Morgan fingerprint density at radius 2 is 1.86 bits per heavy atom. The summed E-state index contributed by atoms with van der Waals surface area (Å²) < 4.78 is 15.6. The van der Waals surface area contributed by atoms with Crippen LogP contribution in [0, 0.1) is 0 Å². The van der Waals surface area contributed by atoms with Crippen LogP contribution in [-0.4, -0.2) is 60.1 Å². The summed E-state index contributed by atoms with van der Waals surface area (Å²) in [5, 5.41) is 15.0. The summed E-state index contributed by atoms with van der Waals surface area (Å²) in [7, 11) is 0. The van der Waals surface area contributed by atoms with E-state index in [1.54, 1.807) is 20.8 Å². The molecule has 0 aliphatic carbocycles. The van der Waals surface area contributed by atoms with Crippen molar-refractivity contribution < 1.29 is 33.7 Å². The van der Waals surface area contributed by atoms with Crippen LogP contribution < -0.4 is 10.6 Å². The summed E-state index contributed by atoms with van der Waals surface area (Å²) in [5.74, 6) is -1.81. The number of aliphatic carboxylic acids is 1. The lowest BCUT2D eigenvalue weighted by Gasteiger charge is -2.43. The average Bonchev–Trinajstić information content (AvgIpc) is 2.60. The highest BCUT2D eigenvalue weighted by Crippen LogP contribution is 2.19. The maximum absolute atomic E-state index is 12.0. The van der Waals surface area contributed by atoms with E-state index in [-0.39, 0.29) is 32.8 Å². The van der Waals surface area contributed by atoms with Crippen LogP contribution in [0.4, 0.5) is 4.79 Å². The van der Waals surface area contributed by atoms with Gasteiger partial charge in [0, 0.05) is 6.54 Å². The molecule has 1 aromatic rings. The van der Waals surface area contributed by atoms with E-state index in [0.717, 1.165) is 5.56 Å². The Balaban J connectivity index is 1.86. The minimum Gasteiger partial charge on any atom is -0.480 e. The van der Waals surface area contributed by atoms with Gasteiger partial charge in [0.2, 0.25) is 0 Å². The number of amides is 1. The molecule has 1 atom stereocenters. The summed E-state index contributed by atoms with van der Waals surface area (Å²) in [6.07, 6.45) is -0.965. The predicted molar refractivity (Wildman–Crippen MR) is 103 cm³/mol. The van der Waals surface area contributed by atoms with Crippen molar-refractivity contribution in [2.24, 2.45) is 0 Å². The SMILES string of the molecule is CC(C)(C)OC(=O)CC(NC1(CNC(=O)OCc2ccccc2)COC1)C(=O)O. The van der Waals surface area contributed by atoms with Crippen LogP contribution >= 0.6 is 0 Å². The van der Waals surface area contributed by atoms with Gasteiger partial charge in [0.1, 0.15) is 18.2 Å². The first-order valence-corrected chi connectivity index (χ1v) is 9.33. The quantitative estimate of drug-likeness (QED) is 0.525. The number of hydrogen-bond acceptors (Lipinski definition) is 7. The van der Waals surface area contributed by atoms with Crippen LogP contribution in [0.1, 0.15) is 32.8 Å². The molecule has 29 heavy (non-hydrogen) atoms. The second-order valence-electron chi connectivity index (χ2n) is 8.01. The first-order valence-electron chi connectivity index (χ1n) is 9.33. The van der Waals surface area contributed by atoms with Gasteiger partial charge < -0.3 is 24.6 Å². The van der Waals surface area contributed by atoms with Crippen molar-refractivity contribution in [2.45, 2.75) is 51.0 Å². The van der Waals surface area contributed by atoms with E-state index in [1.165, 1.54) is 0 Å². The first kappa shape index (κ1) is 22.6. The molecule has 9 nitrogen and oxygen atoms in total. The van der Waals surface area contributed by atoms with Gasteiger partial charge in [-0.3, -0.25) is 14.9 Å². The van der Waals surface area contributed by atoms with Gasteiger partial charge in [-0.05, 0) is 26.3 Å². The third-order valence-electron chi connectivity index (χ3n) is 4.11. The zero-order chi connectivity index (χ0) is 21.5. The highest BCUT2D eigenvalue weighted by Gasteiger charge is 2.43. The standard InChI is InChI=1S/C20H28N2O7/c1-19(2,3)29-16(23)9-15(17(24)25)22-20(12-27-13-20)11-21-18(26)28-10-14-7-5-4-6-8-14/h4-8,15,22H,9-13H2,1-3H3,(H,21,26)(H,24,25). The third kappa shape index (κ3) is 7.71. The molecule has 1 heterocycles. The Bertz CT molecular complexity index is 711. The minimum atomic E-state index is -1.19. The number of rotatable bonds is 9. The normalized spacial score (nSPS) is 16.2. The van der Waals surface area contributed by atoms with Crippen LogP contribution in [0.15, 0.2) is 30.3 Å². The lowest BCUT2D eigenvalue weighted by atomic mass is 9.95. The van der Waals surface area contributed by atoms with Gasteiger partial charge in [-0.1, -0.05) is 30.3 Å². The Hall–Kier alpha value is -2.65. The number of carboxylic acid groups (broad SMARTS) is 1. The molecule has 0 spiro atoms. The lowest BCUT2D eigenvalue weighted by molar-refractivity contribution is -0.160. The Kier molecular flexibility index (Phi) is 7.58. The molecule has 1 unspecified atom stereocenters. The van der Waals surface area contributed by atoms with Crippen molar-refractivity contribution in [3.8, 4) is 0 Å². The maximum atomic E-state index is 12.0. The molecule has 3 N–H and O–H groups in total. The number of hydrogen-bond donors (Lipinski definition) is 3. The Labute approximate surface area is 169 Å². The molecule has 9 heteroatoms. The second kappa shape index (κ2) is 9.71. The van der Waals surface area contributed by atoms with E-state index in [0.29, 0.717) is 0 Å². The van der Waals surface area contributed by atoms with Crippen molar-refractivity contribution in [1.82, 2.24) is 10.6 Å². The third-order valence-corrected chi connectivity index (χ3v) is 4.11. The minimum absolute atomic E-state index is 0.0960. The summed E-state index contributed by atoms with van der Waals surface area (Å²) >= 11 is 0. The summed E-state index contributed by atoms with van der Waals surface area (Å²) in [4.78, 5) is 35.6. The molecule has 160 valence electrons. The molecule has 1 aliphatic heterocycles. The van der Waals surface area contributed by atoms with Crippen LogP contribution in [0.3, 0.4) is 0 Å². The molecule has 1 amide bonds. The Morgan fingerprint density at radius 3 is 2.38 bits per heavy atom. The average molecular weight is 408 g/mol. The molecule has 1 aromatic carbocycles. The zero-order valence-electron chi connectivity index (χ0n) is 16.9. The summed E-state index contributed by atoms with van der Waals surface area (Å²) in [5.41, 5.74) is -0.649. The first-order chi connectivity index (χ1) is 13.6. The van der Waals surface area contributed by atoms with Gasteiger partial charge in [-0.15, -0.1) is 0 Å². The van der Waals surface area contributed by atoms with Gasteiger partial charge >= 0.3 is 18.0 Å². The number of alkyl carbamates (subject to hydrolysis) is 1. The number of ether oxygens (including phenoxy) is 3. The van der Waals surface area contributed by atoms with Gasteiger partial charge in [0.05, 0.1) is 25.2 Å². The van der Waals surface area contributed by atoms with E-state index in [4.69, 9.17) is 14.2 Å². The van der Waals surface area contributed by atoms with Crippen LogP contribution in [0.25, 0.3) is 0 Å². The van der Waals surface area contributed by atoms with Gasteiger partial charge in [0.15, 0.2) is 0 Å². The fourth-order valence-corrected chi connectivity index (χ4v) is 2.72. The van der Waals surface area contributed by atoms with E-state index >= 15 is 0 Å². The summed E-state index contributed by atoms with van der Waals surface area (Å²) in [6.45, 7) is 5.74. The Morgan fingerprint density at radius 1 is 1.21 bits per heavy atom. The van der Waals surface area contributed by atoms with E-state index in [2.05, 4.69) is 10.6 Å². The molecular formula is C20H28N2O7. The highest BCUT2D eigenvalue weighted by atomic mass is 16.6. The van der Waals surface area contributed by atoms with E-state index in [1.807, 2.05) is 30.3 Å². The van der Waals surface area contributed by atoms with Crippen molar-refractivity contribution >= 4 is 18.0 Å². The second-order valence-corrected chi connectivity index (χ2v) is 8.01. The lowest BCUT2D eigenvalue weighted by Crippen LogP contribution is -2.69. The molecule has 0 radical (unpaired) electrons. The number of carbonyl (C=O) groups excluding carboxylic acids is 2. The largest absolute Gasteiger partial charge is 0.480 e. The summed E-state index contributed by atoms with van der Waals surface area (Å²) in [6, 6.07) is 8.06.